The molecule has 0 spiro atoms. The molecule has 1 N–H and O–H groups in total. The molecule has 0 fully saturated rings. The summed E-state index contributed by atoms with van der Waals surface area (Å²) in [5.74, 6) is -0.888. The first-order valence-corrected chi connectivity index (χ1v) is 16.5. The number of aryl methyl sites for hydroxylation is 1. The fourth-order valence-electron chi connectivity index (χ4n) is 4.71. The zero-order valence-corrected chi connectivity index (χ0v) is 26.9. The van der Waals surface area contributed by atoms with Gasteiger partial charge in [0, 0.05) is 19.5 Å². The predicted molar refractivity (Wildman–Crippen MR) is 176 cm³/mol. The van der Waals surface area contributed by atoms with Crippen molar-refractivity contribution in [3.8, 4) is 0 Å². The highest BCUT2D eigenvalue weighted by Gasteiger charge is 2.34. The van der Waals surface area contributed by atoms with Gasteiger partial charge in [-0.1, -0.05) is 102 Å². The number of rotatable bonds is 13. The number of nitrogens with one attached hydrogen (secondary N) is 1. The van der Waals surface area contributed by atoms with E-state index >= 15 is 0 Å². The van der Waals surface area contributed by atoms with Crippen LogP contribution in [0.5, 0.6) is 0 Å². The Balaban J connectivity index is 1.80. The summed E-state index contributed by atoms with van der Waals surface area (Å²) in [6.07, 6.45) is 0.931. The fraction of sp³-hybridized carbons (Fsp3) is 0.235. The van der Waals surface area contributed by atoms with E-state index in [1.165, 1.54) is 17.0 Å². The van der Waals surface area contributed by atoms with Gasteiger partial charge in [0.2, 0.25) is 11.8 Å². The molecule has 0 aromatic heterocycles. The third-order valence-corrected chi connectivity index (χ3v) is 9.62. The molecule has 2 amide bonds. The highest BCUT2D eigenvalue weighted by molar-refractivity contribution is 7.92. The molecule has 0 aliphatic heterocycles. The predicted octanol–water partition coefficient (Wildman–Crippen LogP) is 6.66. The van der Waals surface area contributed by atoms with E-state index in [0.717, 1.165) is 15.4 Å². The minimum atomic E-state index is -4.15. The second-order valence-electron chi connectivity index (χ2n) is 10.4. The lowest BCUT2D eigenvalue weighted by molar-refractivity contribution is -0.140. The van der Waals surface area contributed by atoms with Crippen LogP contribution < -0.4 is 9.62 Å². The van der Waals surface area contributed by atoms with E-state index in [9.17, 15) is 18.0 Å². The topological polar surface area (TPSA) is 86.8 Å². The van der Waals surface area contributed by atoms with Gasteiger partial charge in [0.05, 0.1) is 20.6 Å². The molecule has 0 bridgehead atoms. The molecule has 10 heteroatoms. The number of hydrogen-bond donors (Lipinski definition) is 1. The molecule has 7 nitrogen and oxygen atoms in total. The lowest BCUT2D eigenvalue weighted by atomic mass is 10.0. The van der Waals surface area contributed by atoms with Gasteiger partial charge in [-0.3, -0.25) is 13.9 Å². The monoisotopic (exact) mass is 651 g/mol. The number of hydrogen-bond acceptors (Lipinski definition) is 4. The quantitative estimate of drug-likeness (QED) is 0.175. The minimum absolute atomic E-state index is 0.000109. The Morgan fingerprint density at radius 2 is 1.45 bits per heavy atom. The van der Waals surface area contributed by atoms with Crippen LogP contribution in [-0.4, -0.2) is 44.3 Å². The number of benzene rings is 4. The van der Waals surface area contributed by atoms with Gasteiger partial charge < -0.3 is 10.2 Å². The molecule has 0 saturated carbocycles. The SMILES string of the molecule is CCCNC(=O)C(Cc1ccccc1)N(Cc1ccc(Cl)c(Cl)c1)C(=O)CN(c1ccc(C)cc1)S(=O)(=O)c1ccccc1. The van der Waals surface area contributed by atoms with Crippen molar-refractivity contribution in [3.63, 3.8) is 0 Å². The smallest absolute Gasteiger partial charge is 0.264 e. The number of halogens is 2. The maximum atomic E-state index is 14.4. The maximum Gasteiger partial charge on any atom is 0.264 e. The average Bonchev–Trinajstić information content (AvgIpc) is 3.03. The second-order valence-corrected chi connectivity index (χ2v) is 13.1. The van der Waals surface area contributed by atoms with Crippen molar-refractivity contribution in [3.05, 3.63) is 130 Å². The summed E-state index contributed by atoms with van der Waals surface area (Å²) >= 11 is 12.5. The first kappa shape index (κ1) is 33.1. The Bertz CT molecular complexity index is 1670. The Hall–Kier alpha value is -3.85. The second kappa shape index (κ2) is 15.2. The van der Waals surface area contributed by atoms with Gasteiger partial charge in [-0.15, -0.1) is 0 Å². The van der Waals surface area contributed by atoms with Gasteiger partial charge in [0.15, 0.2) is 0 Å². The Kier molecular flexibility index (Phi) is 11.4. The molecule has 230 valence electrons. The summed E-state index contributed by atoms with van der Waals surface area (Å²) in [6, 6.07) is 28.3. The third-order valence-electron chi connectivity index (χ3n) is 7.09. The molecule has 0 heterocycles. The van der Waals surface area contributed by atoms with E-state index < -0.39 is 28.5 Å². The zero-order chi connectivity index (χ0) is 31.7. The molecule has 44 heavy (non-hydrogen) atoms. The van der Waals surface area contributed by atoms with Crippen LogP contribution in [0.15, 0.2) is 108 Å². The molecule has 0 radical (unpaired) electrons. The molecular weight excluding hydrogens is 617 g/mol. The highest BCUT2D eigenvalue weighted by atomic mass is 35.5. The summed E-state index contributed by atoms with van der Waals surface area (Å²) in [7, 11) is -4.15. The van der Waals surface area contributed by atoms with E-state index in [1.807, 2.05) is 44.2 Å². The average molecular weight is 653 g/mol. The molecular formula is C34H35Cl2N3O4S. The molecule has 1 atom stereocenters. The van der Waals surface area contributed by atoms with Gasteiger partial charge in [-0.25, -0.2) is 8.42 Å². The molecule has 4 rings (SSSR count). The minimum Gasteiger partial charge on any atom is -0.354 e. The van der Waals surface area contributed by atoms with Crippen molar-refractivity contribution >= 4 is 50.7 Å². The first-order valence-electron chi connectivity index (χ1n) is 14.3. The highest BCUT2D eigenvalue weighted by Crippen LogP contribution is 2.27. The van der Waals surface area contributed by atoms with Crippen LogP contribution in [0, 0.1) is 6.92 Å². The number of anilines is 1. The molecule has 0 aliphatic rings. The normalized spacial score (nSPS) is 11.9. The molecule has 1 unspecified atom stereocenters. The van der Waals surface area contributed by atoms with E-state index in [1.54, 1.807) is 60.7 Å². The van der Waals surface area contributed by atoms with Crippen molar-refractivity contribution < 1.29 is 18.0 Å². The van der Waals surface area contributed by atoms with Crippen LogP contribution in [-0.2, 0) is 32.6 Å². The van der Waals surface area contributed by atoms with Crippen LogP contribution in [0.2, 0.25) is 10.0 Å². The summed E-state index contributed by atoms with van der Waals surface area (Å²) in [5, 5.41) is 3.59. The Labute approximate surface area is 269 Å². The van der Waals surface area contributed by atoms with Gasteiger partial charge in [-0.2, -0.15) is 0 Å². The van der Waals surface area contributed by atoms with Crippen LogP contribution in [0.25, 0.3) is 0 Å². The number of carbonyl (C=O) groups is 2. The lowest BCUT2D eigenvalue weighted by Crippen LogP contribution is -2.53. The van der Waals surface area contributed by atoms with Crippen LogP contribution in [0.1, 0.15) is 30.0 Å². The molecule has 0 saturated heterocycles. The van der Waals surface area contributed by atoms with Crippen molar-refractivity contribution in [1.29, 1.82) is 0 Å². The summed E-state index contributed by atoms with van der Waals surface area (Å²) < 4.78 is 29.1. The lowest BCUT2D eigenvalue weighted by Gasteiger charge is -2.34. The van der Waals surface area contributed by atoms with Crippen LogP contribution in [0.4, 0.5) is 5.69 Å². The van der Waals surface area contributed by atoms with Crippen molar-refractivity contribution in [2.24, 2.45) is 0 Å². The Morgan fingerprint density at radius 1 is 0.818 bits per heavy atom. The van der Waals surface area contributed by atoms with Crippen molar-refractivity contribution in [2.75, 3.05) is 17.4 Å². The molecule has 0 aliphatic carbocycles. The number of carbonyl (C=O) groups excluding carboxylic acids is 2. The van der Waals surface area contributed by atoms with E-state index in [0.29, 0.717) is 34.3 Å². The summed E-state index contributed by atoms with van der Waals surface area (Å²) in [5.41, 5.74) is 2.76. The van der Waals surface area contributed by atoms with Crippen molar-refractivity contribution in [1.82, 2.24) is 10.2 Å². The van der Waals surface area contributed by atoms with Crippen LogP contribution >= 0.6 is 23.2 Å². The zero-order valence-electron chi connectivity index (χ0n) is 24.6. The summed E-state index contributed by atoms with van der Waals surface area (Å²) in [6.45, 7) is 3.73. The summed E-state index contributed by atoms with van der Waals surface area (Å²) in [4.78, 5) is 29.6. The fourth-order valence-corrected chi connectivity index (χ4v) is 6.47. The first-order chi connectivity index (χ1) is 21.1. The molecule has 4 aromatic rings. The van der Waals surface area contributed by atoms with Crippen molar-refractivity contribution in [2.45, 2.75) is 44.2 Å². The largest absolute Gasteiger partial charge is 0.354 e. The van der Waals surface area contributed by atoms with E-state index in [-0.39, 0.29) is 23.8 Å². The van der Waals surface area contributed by atoms with E-state index in [4.69, 9.17) is 23.2 Å². The van der Waals surface area contributed by atoms with E-state index in [2.05, 4.69) is 5.32 Å². The van der Waals surface area contributed by atoms with Gasteiger partial charge >= 0.3 is 0 Å². The third kappa shape index (κ3) is 8.40. The van der Waals surface area contributed by atoms with Gasteiger partial charge in [0.25, 0.3) is 10.0 Å². The standard InChI is InChI=1S/C34H35Cl2N3O4S/c1-3-20-37-34(41)32(22-26-10-6-4-7-11-26)38(23-27-16-19-30(35)31(36)21-27)33(40)24-39(28-17-14-25(2)15-18-28)44(42,43)29-12-8-5-9-13-29/h4-19,21,32H,3,20,22-24H2,1-2H3,(H,37,41). The van der Waals surface area contributed by atoms with Gasteiger partial charge in [0.1, 0.15) is 12.6 Å². The van der Waals surface area contributed by atoms with Gasteiger partial charge in [-0.05, 0) is 60.9 Å². The Morgan fingerprint density at radius 3 is 2.07 bits per heavy atom. The number of nitrogens with zero attached hydrogens (tertiary/aromatic N) is 2. The number of sulfonamides is 1. The maximum absolute atomic E-state index is 14.4. The van der Waals surface area contributed by atoms with Crippen LogP contribution in [0.3, 0.4) is 0 Å². The number of amides is 2. The molecule has 4 aromatic carbocycles.